The van der Waals surface area contributed by atoms with E-state index < -0.39 is 0 Å². The molecule has 0 saturated heterocycles. The van der Waals surface area contributed by atoms with Gasteiger partial charge in [-0.05, 0) is 73.2 Å². The van der Waals surface area contributed by atoms with Crippen LogP contribution in [0.2, 0.25) is 0 Å². The number of rotatable bonds is 5. The first-order chi connectivity index (χ1) is 19.5. The molecule has 0 spiro atoms. The van der Waals surface area contributed by atoms with Gasteiger partial charge < -0.3 is 10.3 Å². The number of H-pyrrole nitrogens is 1. The van der Waals surface area contributed by atoms with Gasteiger partial charge in [0.05, 0.1) is 17.4 Å². The Morgan fingerprint density at radius 1 is 0.825 bits per heavy atom. The summed E-state index contributed by atoms with van der Waals surface area (Å²) in [5.74, 6) is 1.19. The summed E-state index contributed by atoms with van der Waals surface area (Å²) in [7, 11) is 0. The number of nitrogens with zero attached hydrogens (tertiary/aromatic N) is 4. The van der Waals surface area contributed by atoms with Crippen molar-refractivity contribution in [2.24, 2.45) is 0 Å². The predicted molar refractivity (Wildman–Crippen MR) is 161 cm³/mol. The Labute approximate surface area is 237 Å². The molecule has 8 heteroatoms. The van der Waals surface area contributed by atoms with Crippen molar-refractivity contribution in [3.8, 4) is 33.9 Å². The SMILES string of the molecule is Cc1ccc(-c2cnc(-c3ccc4nc(-c5cnc6ccc(Br)cc6c5)c(Nc5ccc(F)cc5)n4c3)[nH]2)cc1. The zero-order valence-corrected chi connectivity index (χ0v) is 22.9. The van der Waals surface area contributed by atoms with E-state index in [1.807, 2.05) is 53.3 Å². The molecule has 4 heterocycles. The van der Waals surface area contributed by atoms with Crippen molar-refractivity contribution in [1.82, 2.24) is 24.3 Å². The zero-order chi connectivity index (χ0) is 27.2. The molecule has 7 rings (SSSR count). The summed E-state index contributed by atoms with van der Waals surface area (Å²) >= 11 is 3.56. The standard InChI is InChI=1S/C32H22BrFN6/c1-19-2-4-20(5-3-19)28-17-36-31(38-28)21-6-13-29-39-30(23-14-22-15-24(33)7-12-27(22)35-16-23)32(40(29)18-21)37-26-10-8-25(34)9-11-26/h2-18,37H,1H3,(H,36,38). The summed E-state index contributed by atoms with van der Waals surface area (Å²) in [5, 5.41) is 4.46. The number of imidazole rings is 2. The highest BCUT2D eigenvalue weighted by Gasteiger charge is 2.17. The number of aromatic nitrogens is 5. The fourth-order valence-electron chi connectivity index (χ4n) is 4.76. The van der Waals surface area contributed by atoms with Crippen molar-refractivity contribution in [2.75, 3.05) is 5.32 Å². The maximum atomic E-state index is 13.7. The van der Waals surface area contributed by atoms with Gasteiger partial charge in [-0.2, -0.15) is 0 Å². The predicted octanol–water partition coefficient (Wildman–Crippen LogP) is 8.56. The number of fused-ring (bicyclic) bond motifs is 2. The normalized spacial score (nSPS) is 11.4. The molecule has 194 valence electrons. The van der Waals surface area contributed by atoms with Gasteiger partial charge in [0.15, 0.2) is 0 Å². The molecule has 0 aliphatic carbocycles. The molecule has 0 radical (unpaired) electrons. The number of anilines is 2. The molecule has 0 unspecified atom stereocenters. The van der Waals surface area contributed by atoms with Gasteiger partial charge in [-0.15, -0.1) is 0 Å². The molecule has 3 aromatic carbocycles. The van der Waals surface area contributed by atoms with Crippen LogP contribution in [0.1, 0.15) is 5.56 Å². The molecule has 0 saturated carbocycles. The minimum absolute atomic E-state index is 0.294. The molecule has 7 aromatic rings. The lowest BCUT2D eigenvalue weighted by atomic mass is 10.1. The summed E-state index contributed by atoms with van der Waals surface area (Å²) in [5.41, 5.74) is 8.11. The van der Waals surface area contributed by atoms with E-state index in [-0.39, 0.29) is 5.82 Å². The first kappa shape index (κ1) is 24.2. The van der Waals surface area contributed by atoms with Crippen molar-refractivity contribution in [1.29, 1.82) is 0 Å². The molecule has 2 N–H and O–H groups in total. The van der Waals surface area contributed by atoms with E-state index in [4.69, 9.17) is 4.98 Å². The van der Waals surface area contributed by atoms with E-state index in [1.165, 1.54) is 17.7 Å². The molecule has 4 aromatic heterocycles. The lowest BCUT2D eigenvalue weighted by Gasteiger charge is -2.10. The van der Waals surface area contributed by atoms with Crippen LogP contribution in [-0.4, -0.2) is 24.3 Å². The van der Waals surface area contributed by atoms with E-state index in [0.717, 1.165) is 66.4 Å². The van der Waals surface area contributed by atoms with E-state index in [1.54, 1.807) is 12.1 Å². The van der Waals surface area contributed by atoms with Crippen molar-refractivity contribution in [3.05, 3.63) is 119 Å². The van der Waals surface area contributed by atoms with Gasteiger partial charge in [0.25, 0.3) is 0 Å². The van der Waals surface area contributed by atoms with Crippen LogP contribution in [0, 0.1) is 12.7 Å². The number of aromatic amines is 1. The van der Waals surface area contributed by atoms with Gasteiger partial charge in [-0.1, -0.05) is 45.8 Å². The Morgan fingerprint density at radius 3 is 2.45 bits per heavy atom. The van der Waals surface area contributed by atoms with Gasteiger partial charge in [-0.3, -0.25) is 9.38 Å². The summed E-state index contributed by atoms with van der Waals surface area (Å²) in [6, 6.07) is 26.6. The molecule has 6 nitrogen and oxygen atoms in total. The van der Waals surface area contributed by atoms with Gasteiger partial charge in [0.2, 0.25) is 0 Å². The first-order valence-corrected chi connectivity index (χ1v) is 13.5. The third-order valence-corrected chi connectivity index (χ3v) is 7.35. The number of aryl methyl sites for hydroxylation is 1. The number of hydrogen-bond donors (Lipinski definition) is 2. The highest BCUT2D eigenvalue weighted by Crippen LogP contribution is 2.34. The molecule has 40 heavy (non-hydrogen) atoms. The van der Waals surface area contributed by atoms with Gasteiger partial charge in [0, 0.05) is 39.1 Å². The zero-order valence-electron chi connectivity index (χ0n) is 21.4. The Morgan fingerprint density at radius 2 is 1.62 bits per heavy atom. The van der Waals surface area contributed by atoms with Crippen LogP contribution in [-0.2, 0) is 0 Å². The second kappa shape index (κ2) is 9.73. The Bertz CT molecular complexity index is 2010. The average molecular weight is 589 g/mol. The lowest BCUT2D eigenvalue weighted by molar-refractivity contribution is 0.628. The molecule has 0 atom stereocenters. The fraction of sp³-hybridized carbons (Fsp3) is 0.0312. The number of nitrogens with one attached hydrogen (secondary N) is 2. The van der Waals surface area contributed by atoms with Crippen LogP contribution in [0.4, 0.5) is 15.9 Å². The number of benzene rings is 3. The van der Waals surface area contributed by atoms with Crippen molar-refractivity contribution < 1.29 is 4.39 Å². The minimum atomic E-state index is -0.294. The molecule has 0 bridgehead atoms. The van der Waals surface area contributed by atoms with Crippen LogP contribution in [0.3, 0.4) is 0 Å². The molecular weight excluding hydrogens is 567 g/mol. The van der Waals surface area contributed by atoms with E-state index in [2.05, 4.69) is 73.5 Å². The smallest absolute Gasteiger partial charge is 0.143 e. The van der Waals surface area contributed by atoms with Gasteiger partial charge in [-0.25, -0.2) is 14.4 Å². The van der Waals surface area contributed by atoms with Gasteiger partial charge in [0.1, 0.15) is 28.8 Å². The Hall–Kier alpha value is -4.82. The lowest BCUT2D eigenvalue weighted by Crippen LogP contribution is -1.98. The van der Waals surface area contributed by atoms with E-state index in [0.29, 0.717) is 0 Å². The maximum Gasteiger partial charge on any atom is 0.143 e. The average Bonchev–Trinajstić information content (AvgIpc) is 3.60. The first-order valence-electron chi connectivity index (χ1n) is 12.7. The second-order valence-electron chi connectivity index (χ2n) is 9.66. The summed E-state index contributed by atoms with van der Waals surface area (Å²) in [4.78, 5) is 17.7. The summed E-state index contributed by atoms with van der Waals surface area (Å²) in [6.07, 6.45) is 5.68. The monoisotopic (exact) mass is 588 g/mol. The van der Waals surface area contributed by atoms with E-state index in [9.17, 15) is 4.39 Å². The molecule has 0 amide bonds. The largest absolute Gasteiger partial charge is 0.339 e. The molecule has 0 aliphatic heterocycles. The quantitative estimate of drug-likeness (QED) is 0.211. The fourth-order valence-corrected chi connectivity index (χ4v) is 5.13. The van der Waals surface area contributed by atoms with Crippen molar-refractivity contribution in [2.45, 2.75) is 6.92 Å². The van der Waals surface area contributed by atoms with Crippen LogP contribution in [0.5, 0.6) is 0 Å². The van der Waals surface area contributed by atoms with Crippen molar-refractivity contribution >= 4 is 44.0 Å². The third-order valence-electron chi connectivity index (χ3n) is 6.85. The third kappa shape index (κ3) is 4.52. The Balaban J connectivity index is 1.36. The summed E-state index contributed by atoms with van der Waals surface area (Å²) in [6.45, 7) is 2.07. The van der Waals surface area contributed by atoms with Crippen LogP contribution in [0.25, 0.3) is 50.5 Å². The molecular formula is C32H22BrFN6. The number of pyridine rings is 2. The Kier molecular flexibility index (Phi) is 5.90. The van der Waals surface area contributed by atoms with E-state index >= 15 is 0 Å². The summed E-state index contributed by atoms with van der Waals surface area (Å²) < 4.78 is 16.6. The van der Waals surface area contributed by atoms with Crippen molar-refractivity contribution in [3.63, 3.8) is 0 Å². The highest BCUT2D eigenvalue weighted by atomic mass is 79.9. The maximum absolute atomic E-state index is 13.7. The number of halogens is 2. The van der Waals surface area contributed by atoms with Crippen LogP contribution in [0.15, 0.2) is 108 Å². The molecule has 0 aliphatic rings. The highest BCUT2D eigenvalue weighted by molar-refractivity contribution is 9.10. The second-order valence-corrected chi connectivity index (χ2v) is 10.6. The topological polar surface area (TPSA) is 70.9 Å². The van der Waals surface area contributed by atoms with Crippen LogP contribution < -0.4 is 5.32 Å². The molecule has 0 fully saturated rings. The minimum Gasteiger partial charge on any atom is -0.339 e. The van der Waals surface area contributed by atoms with Gasteiger partial charge >= 0.3 is 0 Å². The van der Waals surface area contributed by atoms with Crippen LogP contribution >= 0.6 is 15.9 Å². The number of hydrogen-bond acceptors (Lipinski definition) is 4.